The summed E-state index contributed by atoms with van der Waals surface area (Å²) in [5, 5.41) is 6.37. The van der Waals surface area contributed by atoms with Crippen LogP contribution in [0.2, 0.25) is 0 Å². The highest BCUT2D eigenvalue weighted by molar-refractivity contribution is 5.76. The highest BCUT2D eigenvalue weighted by Gasteiger charge is 2.20. The Morgan fingerprint density at radius 2 is 2.05 bits per heavy atom. The summed E-state index contributed by atoms with van der Waals surface area (Å²) in [4.78, 5) is 11.9. The summed E-state index contributed by atoms with van der Waals surface area (Å²) in [7, 11) is 0. The number of hydrogen-bond donors (Lipinski definition) is 2. The van der Waals surface area contributed by atoms with Crippen LogP contribution in [-0.4, -0.2) is 31.7 Å². The van der Waals surface area contributed by atoms with Gasteiger partial charge in [0, 0.05) is 19.0 Å². The number of hydrogen-bond acceptors (Lipinski definition) is 4. The maximum absolute atomic E-state index is 11.9. The molecule has 21 heavy (non-hydrogen) atoms. The van der Waals surface area contributed by atoms with Gasteiger partial charge in [-0.05, 0) is 37.5 Å². The molecule has 0 bridgehead atoms. The number of carbonyl (C=O) groups excluding carboxylic acids is 1. The number of benzene rings is 1. The van der Waals surface area contributed by atoms with E-state index in [0.717, 1.165) is 23.6 Å². The van der Waals surface area contributed by atoms with Crippen molar-refractivity contribution in [2.24, 2.45) is 0 Å². The van der Waals surface area contributed by atoms with Crippen molar-refractivity contribution in [3.05, 3.63) is 23.8 Å². The number of carbonyl (C=O) groups is 1. The van der Waals surface area contributed by atoms with E-state index in [1.807, 2.05) is 25.1 Å². The molecule has 0 spiro atoms. The Bertz CT molecular complexity index is 514. The van der Waals surface area contributed by atoms with Crippen molar-refractivity contribution in [2.75, 3.05) is 19.8 Å². The molecule has 5 heteroatoms. The molecule has 114 valence electrons. The summed E-state index contributed by atoms with van der Waals surface area (Å²) in [5.41, 5.74) is 1.03. The van der Waals surface area contributed by atoms with Crippen LogP contribution in [0.25, 0.3) is 0 Å². The number of rotatable bonds is 6. The standard InChI is InChI=1S/C16H22N2O3/c1-11(18-16(19)6-7-17-13-3-4-13)12-2-5-14-15(10-12)21-9-8-20-14/h2,5,10-11,13,17H,3-4,6-9H2,1H3,(H,18,19). The minimum Gasteiger partial charge on any atom is -0.486 e. The van der Waals surface area contributed by atoms with E-state index in [0.29, 0.717) is 25.7 Å². The molecule has 2 aliphatic rings. The second kappa shape index (κ2) is 6.35. The SMILES string of the molecule is CC(NC(=O)CCNC1CC1)c1ccc2c(c1)OCCO2. The first-order valence-electron chi connectivity index (χ1n) is 7.64. The van der Waals surface area contributed by atoms with E-state index >= 15 is 0 Å². The van der Waals surface area contributed by atoms with Crippen LogP contribution in [0.5, 0.6) is 11.5 Å². The van der Waals surface area contributed by atoms with Gasteiger partial charge in [-0.3, -0.25) is 4.79 Å². The molecule has 1 heterocycles. The lowest BCUT2D eigenvalue weighted by atomic mass is 10.1. The quantitative estimate of drug-likeness (QED) is 0.838. The molecular weight excluding hydrogens is 268 g/mol. The van der Waals surface area contributed by atoms with Crippen molar-refractivity contribution in [1.29, 1.82) is 0 Å². The first-order chi connectivity index (χ1) is 10.2. The zero-order valence-corrected chi connectivity index (χ0v) is 12.4. The molecule has 1 aromatic rings. The Morgan fingerprint density at radius 3 is 2.81 bits per heavy atom. The van der Waals surface area contributed by atoms with E-state index in [-0.39, 0.29) is 11.9 Å². The third kappa shape index (κ3) is 3.88. The fourth-order valence-corrected chi connectivity index (χ4v) is 2.40. The van der Waals surface area contributed by atoms with Gasteiger partial charge >= 0.3 is 0 Å². The zero-order chi connectivity index (χ0) is 14.7. The maximum atomic E-state index is 11.9. The molecule has 1 saturated carbocycles. The van der Waals surface area contributed by atoms with Gasteiger partial charge < -0.3 is 20.1 Å². The smallest absolute Gasteiger partial charge is 0.221 e. The van der Waals surface area contributed by atoms with E-state index in [2.05, 4.69) is 10.6 Å². The van der Waals surface area contributed by atoms with Gasteiger partial charge in [0.1, 0.15) is 13.2 Å². The van der Waals surface area contributed by atoms with Crippen molar-refractivity contribution in [2.45, 2.75) is 38.3 Å². The largest absolute Gasteiger partial charge is 0.486 e. The van der Waals surface area contributed by atoms with E-state index < -0.39 is 0 Å². The van der Waals surface area contributed by atoms with Crippen LogP contribution in [0.4, 0.5) is 0 Å². The Hall–Kier alpha value is -1.75. The van der Waals surface area contributed by atoms with Gasteiger partial charge in [-0.25, -0.2) is 0 Å². The first-order valence-corrected chi connectivity index (χ1v) is 7.64. The van der Waals surface area contributed by atoms with Crippen LogP contribution in [0.3, 0.4) is 0 Å². The summed E-state index contributed by atoms with van der Waals surface area (Å²) in [5.74, 6) is 1.61. The summed E-state index contributed by atoms with van der Waals surface area (Å²) in [6, 6.07) is 6.44. The summed E-state index contributed by atoms with van der Waals surface area (Å²) in [6.45, 7) is 3.90. The van der Waals surface area contributed by atoms with Gasteiger partial charge in [-0.2, -0.15) is 0 Å². The molecule has 1 unspecified atom stereocenters. The third-order valence-electron chi connectivity index (χ3n) is 3.81. The fourth-order valence-electron chi connectivity index (χ4n) is 2.40. The lowest BCUT2D eigenvalue weighted by Crippen LogP contribution is -2.30. The Kier molecular flexibility index (Phi) is 4.29. The van der Waals surface area contributed by atoms with Crippen molar-refractivity contribution in [3.8, 4) is 11.5 Å². The number of ether oxygens (including phenoxy) is 2. The van der Waals surface area contributed by atoms with Crippen molar-refractivity contribution >= 4 is 5.91 Å². The highest BCUT2D eigenvalue weighted by atomic mass is 16.6. The molecule has 1 fully saturated rings. The van der Waals surface area contributed by atoms with Crippen LogP contribution >= 0.6 is 0 Å². The van der Waals surface area contributed by atoms with Crippen molar-refractivity contribution in [3.63, 3.8) is 0 Å². The lowest BCUT2D eigenvalue weighted by Gasteiger charge is -2.21. The van der Waals surface area contributed by atoms with E-state index in [1.165, 1.54) is 12.8 Å². The van der Waals surface area contributed by atoms with Gasteiger partial charge in [0.15, 0.2) is 11.5 Å². The molecule has 1 atom stereocenters. The van der Waals surface area contributed by atoms with Gasteiger partial charge in [-0.1, -0.05) is 6.07 Å². The van der Waals surface area contributed by atoms with E-state index in [4.69, 9.17) is 9.47 Å². The monoisotopic (exact) mass is 290 g/mol. The molecular formula is C16H22N2O3. The van der Waals surface area contributed by atoms with Crippen LogP contribution < -0.4 is 20.1 Å². The normalized spacial score (nSPS) is 18.1. The average Bonchev–Trinajstić information content (AvgIpc) is 3.31. The van der Waals surface area contributed by atoms with E-state index in [1.54, 1.807) is 0 Å². The molecule has 1 amide bonds. The Morgan fingerprint density at radius 1 is 1.29 bits per heavy atom. The van der Waals surface area contributed by atoms with Crippen LogP contribution in [-0.2, 0) is 4.79 Å². The number of nitrogens with one attached hydrogen (secondary N) is 2. The third-order valence-corrected chi connectivity index (χ3v) is 3.81. The minimum absolute atomic E-state index is 0.0331. The van der Waals surface area contributed by atoms with Crippen LogP contribution in [0.15, 0.2) is 18.2 Å². The minimum atomic E-state index is -0.0331. The molecule has 1 aliphatic heterocycles. The maximum Gasteiger partial charge on any atom is 0.221 e. The van der Waals surface area contributed by atoms with Gasteiger partial charge in [0.2, 0.25) is 5.91 Å². The Labute approximate surface area is 125 Å². The molecule has 0 saturated heterocycles. The van der Waals surface area contributed by atoms with Crippen molar-refractivity contribution < 1.29 is 14.3 Å². The predicted octanol–water partition coefficient (Wildman–Crippen LogP) is 1.78. The molecule has 3 rings (SSSR count). The van der Waals surface area contributed by atoms with E-state index in [9.17, 15) is 4.79 Å². The lowest BCUT2D eigenvalue weighted by molar-refractivity contribution is -0.121. The van der Waals surface area contributed by atoms with Gasteiger partial charge in [-0.15, -0.1) is 0 Å². The van der Waals surface area contributed by atoms with Crippen LogP contribution in [0.1, 0.15) is 37.8 Å². The van der Waals surface area contributed by atoms with Gasteiger partial charge in [0.05, 0.1) is 6.04 Å². The summed E-state index contributed by atoms with van der Waals surface area (Å²) >= 11 is 0. The summed E-state index contributed by atoms with van der Waals surface area (Å²) in [6.07, 6.45) is 3.01. The molecule has 0 radical (unpaired) electrons. The summed E-state index contributed by atoms with van der Waals surface area (Å²) < 4.78 is 11.1. The molecule has 1 aliphatic carbocycles. The fraction of sp³-hybridized carbons (Fsp3) is 0.562. The second-order valence-corrected chi connectivity index (χ2v) is 5.67. The van der Waals surface area contributed by atoms with Crippen molar-refractivity contribution in [1.82, 2.24) is 10.6 Å². The average molecular weight is 290 g/mol. The number of amides is 1. The predicted molar refractivity (Wildman–Crippen MR) is 79.6 cm³/mol. The molecule has 2 N–H and O–H groups in total. The zero-order valence-electron chi connectivity index (χ0n) is 12.4. The van der Waals surface area contributed by atoms with Gasteiger partial charge in [0.25, 0.3) is 0 Å². The second-order valence-electron chi connectivity index (χ2n) is 5.67. The molecule has 5 nitrogen and oxygen atoms in total. The topological polar surface area (TPSA) is 59.6 Å². The molecule has 1 aromatic carbocycles. The molecule has 0 aromatic heterocycles. The van der Waals surface area contributed by atoms with Crippen LogP contribution in [0, 0.1) is 0 Å². The Balaban J connectivity index is 1.51. The number of fused-ring (bicyclic) bond motifs is 1. The first kappa shape index (κ1) is 14.2. The highest BCUT2D eigenvalue weighted by Crippen LogP contribution is 2.32.